The van der Waals surface area contributed by atoms with Crippen molar-refractivity contribution in [2.45, 2.75) is 19.9 Å². The summed E-state index contributed by atoms with van der Waals surface area (Å²) < 4.78 is 0. The Morgan fingerprint density at radius 1 is 1.15 bits per heavy atom. The van der Waals surface area contributed by atoms with E-state index in [2.05, 4.69) is 31.0 Å². The maximum atomic E-state index is 4.23. The summed E-state index contributed by atoms with van der Waals surface area (Å²) in [5, 5.41) is 0. The van der Waals surface area contributed by atoms with Crippen molar-refractivity contribution in [2.75, 3.05) is 0 Å². The van der Waals surface area contributed by atoms with Gasteiger partial charge in [-0.25, -0.2) is 0 Å². The van der Waals surface area contributed by atoms with E-state index in [1.807, 2.05) is 36.6 Å². The first-order valence-electron chi connectivity index (χ1n) is 4.54. The van der Waals surface area contributed by atoms with E-state index in [0.717, 1.165) is 0 Å². The molecular weight excluding hydrogens is 158 g/mol. The van der Waals surface area contributed by atoms with Gasteiger partial charge in [0.25, 0.3) is 0 Å². The molecule has 0 bridgehead atoms. The summed E-state index contributed by atoms with van der Waals surface area (Å²) >= 11 is 0. The van der Waals surface area contributed by atoms with Crippen LogP contribution in [0.3, 0.4) is 0 Å². The minimum absolute atomic E-state index is 0.375. The monoisotopic (exact) mass is 173 g/mol. The Balaban J connectivity index is 2.50. The van der Waals surface area contributed by atoms with E-state index in [1.54, 1.807) is 0 Å². The number of benzene rings is 1. The summed E-state index contributed by atoms with van der Waals surface area (Å²) in [5.41, 5.74) is 1.21. The zero-order chi connectivity index (χ0) is 9.52. The third-order valence-electron chi connectivity index (χ3n) is 1.56. The molecule has 0 aliphatic rings. The average molecular weight is 173 g/mol. The first-order valence-corrected chi connectivity index (χ1v) is 4.54. The normalized spacial score (nSPS) is 11.9. The lowest BCUT2D eigenvalue weighted by molar-refractivity contribution is 0.842. The van der Waals surface area contributed by atoms with Crippen LogP contribution in [-0.4, -0.2) is 12.3 Å². The van der Waals surface area contributed by atoms with Crippen molar-refractivity contribution in [3.8, 4) is 0 Å². The fourth-order valence-corrected chi connectivity index (χ4v) is 0.940. The van der Waals surface area contributed by atoms with E-state index in [9.17, 15) is 0 Å². The zero-order valence-electron chi connectivity index (χ0n) is 8.14. The number of hydrogen-bond acceptors (Lipinski definition) is 1. The Labute approximate surface area is 79.8 Å². The van der Waals surface area contributed by atoms with Gasteiger partial charge in [0, 0.05) is 12.3 Å². The lowest BCUT2D eigenvalue weighted by Crippen LogP contribution is -1.86. The number of aliphatic imine (C=N–C) groups is 1. The molecule has 1 rings (SSSR count). The smallest absolute Gasteiger partial charge is 0.0443 e. The Bertz CT molecular complexity index is 283. The molecule has 1 aromatic carbocycles. The molecule has 0 aliphatic carbocycles. The topological polar surface area (TPSA) is 12.4 Å². The highest BCUT2D eigenvalue weighted by Crippen LogP contribution is 1.99. The predicted octanol–water partition coefficient (Wildman–Crippen LogP) is 3.18. The van der Waals surface area contributed by atoms with Crippen LogP contribution in [0.25, 0.3) is 6.08 Å². The second-order valence-corrected chi connectivity index (χ2v) is 3.16. The van der Waals surface area contributed by atoms with Gasteiger partial charge in [-0.05, 0) is 25.5 Å². The second-order valence-electron chi connectivity index (χ2n) is 3.16. The molecule has 13 heavy (non-hydrogen) atoms. The van der Waals surface area contributed by atoms with Crippen LogP contribution in [0.5, 0.6) is 0 Å². The van der Waals surface area contributed by atoms with E-state index in [0.29, 0.717) is 6.04 Å². The van der Waals surface area contributed by atoms with Crippen LogP contribution in [0.2, 0.25) is 0 Å². The van der Waals surface area contributed by atoms with E-state index < -0.39 is 0 Å². The van der Waals surface area contributed by atoms with Gasteiger partial charge in [0.2, 0.25) is 0 Å². The molecule has 0 amide bonds. The number of hydrogen-bond donors (Lipinski definition) is 0. The maximum absolute atomic E-state index is 4.23. The molecule has 0 spiro atoms. The van der Waals surface area contributed by atoms with Gasteiger partial charge in [0.1, 0.15) is 0 Å². The Hall–Kier alpha value is -1.37. The van der Waals surface area contributed by atoms with Crippen molar-refractivity contribution in [3.63, 3.8) is 0 Å². The Morgan fingerprint density at radius 3 is 2.46 bits per heavy atom. The van der Waals surface area contributed by atoms with Crippen molar-refractivity contribution >= 4 is 12.3 Å². The van der Waals surface area contributed by atoms with E-state index >= 15 is 0 Å². The third-order valence-corrected chi connectivity index (χ3v) is 1.56. The molecule has 0 aromatic heterocycles. The second kappa shape index (κ2) is 5.31. The molecule has 0 saturated carbocycles. The fourth-order valence-electron chi connectivity index (χ4n) is 0.940. The molecule has 0 aliphatic heterocycles. The molecule has 1 nitrogen and oxygen atoms in total. The summed E-state index contributed by atoms with van der Waals surface area (Å²) in [5.74, 6) is 0. The van der Waals surface area contributed by atoms with Gasteiger partial charge in [-0.2, -0.15) is 0 Å². The third kappa shape index (κ3) is 4.26. The Kier molecular flexibility index (Phi) is 3.97. The van der Waals surface area contributed by atoms with Crippen molar-refractivity contribution in [1.82, 2.24) is 0 Å². The lowest BCUT2D eigenvalue weighted by Gasteiger charge is -1.91. The van der Waals surface area contributed by atoms with Crippen molar-refractivity contribution < 1.29 is 0 Å². The van der Waals surface area contributed by atoms with Gasteiger partial charge in [0.15, 0.2) is 0 Å². The minimum Gasteiger partial charge on any atom is -0.290 e. The number of rotatable bonds is 3. The molecule has 0 N–H and O–H groups in total. The van der Waals surface area contributed by atoms with E-state index in [-0.39, 0.29) is 0 Å². The van der Waals surface area contributed by atoms with E-state index in [1.165, 1.54) is 5.56 Å². The van der Waals surface area contributed by atoms with Crippen LogP contribution in [0.1, 0.15) is 19.4 Å². The molecule has 0 saturated heterocycles. The van der Waals surface area contributed by atoms with Gasteiger partial charge < -0.3 is 0 Å². The minimum atomic E-state index is 0.375. The SMILES string of the molecule is CC(C)N=C/C=C/c1ccccc1. The summed E-state index contributed by atoms with van der Waals surface area (Å²) in [6, 6.07) is 10.6. The predicted molar refractivity (Wildman–Crippen MR) is 59.1 cm³/mol. The average Bonchev–Trinajstić information content (AvgIpc) is 2.14. The molecule has 0 radical (unpaired) electrons. The molecule has 0 unspecified atom stereocenters. The molecule has 0 heterocycles. The Morgan fingerprint density at radius 2 is 1.85 bits per heavy atom. The van der Waals surface area contributed by atoms with Gasteiger partial charge in [-0.3, -0.25) is 4.99 Å². The first-order chi connectivity index (χ1) is 6.29. The fraction of sp³-hybridized carbons (Fsp3) is 0.250. The molecule has 68 valence electrons. The van der Waals surface area contributed by atoms with Crippen LogP contribution in [-0.2, 0) is 0 Å². The molecule has 1 heteroatoms. The van der Waals surface area contributed by atoms with Gasteiger partial charge in [-0.1, -0.05) is 36.4 Å². The van der Waals surface area contributed by atoms with Crippen molar-refractivity contribution in [1.29, 1.82) is 0 Å². The largest absolute Gasteiger partial charge is 0.290 e. The highest BCUT2D eigenvalue weighted by molar-refractivity contribution is 5.78. The summed E-state index contributed by atoms with van der Waals surface area (Å²) in [7, 11) is 0. The van der Waals surface area contributed by atoms with Crippen LogP contribution in [0.15, 0.2) is 41.4 Å². The standard InChI is InChI=1S/C12H15N/c1-11(2)13-10-6-9-12-7-4-3-5-8-12/h3-11H,1-2H3/b9-6+,13-10?. The highest BCUT2D eigenvalue weighted by Gasteiger charge is 1.81. The number of nitrogens with zero attached hydrogens (tertiary/aromatic N) is 1. The summed E-state index contributed by atoms with van der Waals surface area (Å²) in [6.07, 6.45) is 5.86. The summed E-state index contributed by atoms with van der Waals surface area (Å²) in [4.78, 5) is 4.23. The summed E-state index contributed by atoms with van der Waals surface area (Å²) in [6.45, 7) is 4.12. The van der Waals surface area contributed by atoms with Crippen LogP contribution in [0, 0.1) is 0 Å². The molecule has 1 aromatic rings. The highest BCUT2D eigenvalue weighted by atomic mass is 14.7. The lowest BCUT2D eigenvalue weighted by atomic mass is 10.2. The van der Waals surface area contributed by atoms with Gasteiger partial charge in [0.05, 0.1) is 0 Å². The van der Waals surface area contributed by atoms with Crippen LogP contribution < -0.4 is 0 Å². The van der Waals surface area contributed by atoms with Crippen molar-refractivity contribution in [3.05, 3.63) is 42.0 Å². The van der Waals surface area contributed by atoms with E-state index in [4.69, 9.17) is 0 Å². The van der Waals surface area contributed by atoms with Crippen molar-refractivity contribution in [2.24, 2.45) is 4.99 Å². The van der Waals surface area contributed by atoms with Crippen LogP contribution >= 0.6 is 0 Å². The molecule has 0 fully saturated rings. The quantitative estimate of drug-likeness (QED) is 0.622. The maximum Gasteiger partial charge on any atom is 0.0443 e. The van der Waals surface area contributed by atoms with Gasteiger partial charge in [-0.15, -0.1) is 0 Å². The van der Waals surface area contributed by atoms with Gasteiger partial charge >= 0.3 is 0 Å². The molecule has 0 atom stereocenters. The zero-order valence-corrected chi connectivity index (χ0v) is 8.14. The number of allylic oxidation sites excluding steroid dienone is 1. The van der Waals surface area contributed by atoms with Crippen LogP contribution in [0.4, 0.5) is 0 Å². The molecular formula is C12H15N. The first kappa shape index (κ1) is 9.72.